The zero-order valence-corrected chi connectivity index (χ0v) is 19.4. The summed E-state index contributed by atoms with van der Waals surface area (Å²) in [4.78, 5) is 12.5. The van der Waals surface area contributed by atoms with Gasteiger partial charge in [-0.15, -0.1) is 0 Å². The van der Waals surface area contributed by atoms with Crippen LogP contribution in [0, 0.1) is 0 Å². The van der Waals surface area contributed by atoms with Crippen LogP contribution in [-0.2, 0) is 0 Å². The highest BCUT2D eigenvalue weighted by Gasteiger charge is 2.19. The Bertz CT molecular complexity index is 853. The van der Waals surface area contributed by atoms with Gasteiger partial charge in [-0.25, -0.2) is 4.79 Å². The van der Waals surface area contributed by atoms with E-state index in [1.165, 1.54) is 45.6 Å². The van der Waals surface area contributed by atoms with Gasteiger partial charge in [-0.2, -0.15) is 0 Å². The monoisotopic (exact) mass is 430 g/mol. The van der Waals surface area contributed by atoms with Crippen molar-refractivity contribution in [2.75, 3.05) is 20.3 Å². The second-order valence-corrected chi connectivity index (χ2v) is 7.72. The van der Waals surface area contributed by atoms with Crippen LogP contribution < -0.4 is 19.8 Å². The standard InChI is InChI=1S/C26H38O5/c1-4-6-8-10-11-12-13-15-19-29-22-18-16-17-21-23(22)31-26(27)25(28-3)24(21)30-20-14-9-7-5-2/h7,9,16-18H,4-6,8,10-15,19-20H2,1-3H3. The second kappa shape index (κ2) is 14.6. The van der Waals surface area contributed by atoms with E-state index in [-0.39, 0.29) is 5.75 Å². The van der Waals surface area contributed by atoms with Gasteiger partial charge in [0.1, 0.15) is 0 Å². The predicted octanol–water partition coefficient (Wildman–Crippen LogP) is 7.06. The van der Waals surface area contributed by atoms with Crippen molar-refractivity contribution in [2.24, 2.45) is 0 Å². The molecule has 2 aromatic rings. The molecule has 1 aromatic heterocycles. The Labute approximate surface area is 186 Å². The van der Waals surface area contributed by atoms with Crippen molar-refractivity contribution < 1.29 is 18.6 Å². The van der Waals surface area contributed by atoms with Gasteiger partial charge >= 0.3 is 5.63 Å². The minimum atomic E-state index is -0.558. The smallest absolute Gasteiger partial charge is 0.383 e. The summed E-state index contributed by atoms with van der Waals surface area (Å²) in [6.07, 6.45) is 15.8. The fourth-order valence-electron chi connectivity index (χ4n) is 3.52. The van der Waals surface area contributed by atoms with E-state index >= 15 is 0 Å². The number of ether oxygens (including phenoxy) is 3. The third-order valence-corrected chi connectivity index (χ3v) is 5.20. The lowest BCUT2D eigenvalue weighted by Gasteiger charge is -2.13. The van der Waals surface area contributed by atoms with Crippen molar-refractivity contribution in [3.8, 4) is 17.2 Å². The summed E-state index contributed by atoms with van der Waals surface area (Å²) in [6, 6.07) is 5.58. The Morgan fingerprint density at radius 3 is 2.32 bits per heavy atom. The second-order valence-electron chi connectivity index (χ2n) is 7.72. The number of hydrogen-bond donors (Lipinski definition) is 0. The van der Waals surface area contributed by atoms with Crippen LogP contribution in [-0.4, -0.2) is 20.3 Å². The summed E-state index contributed by atoms with van der Waals surface area (Å²) in [5, 5.41) is 0.685. The molecule has 0 fully saturated rings. The van der Waals surface area contributed by atoms with Gasteiger partial charge in [0.2, 0.25) is 5.75 Å². The highest BCUT2D eigenvalue weighted by molar-refractivity contribution is 5.89. The summed E-state index contributed by atoms with van der Waals surface area (Å²) < 4.78 is 22.7. The maximum absolute atomic E-state index is 12.5. The minimum Gasteiger partial charge on any atom is -0.490 e. The molecule has 5 nitrogen and oxygen atoms in total. The molecule has 0 atom stereocenters. The van der Waals surface area contributed by atoms with Crippen molar-refractivity contribution >= 4 is 11.0 Å². The molecule has 0 amide bonds. The minimum absolute atomic E-state index is 0.0900. The molecule has 5 heteroatoms. The Hall–Kier alpha value is -2.43. The number of para-hydroxylation sites is 1. The highest BCUT2D eigenvalue weighted by atomic mass is 16.5. The number of benzene rings is 1. The molecule has 0 saturated carbocycles. The molecule has 0 bridgehead atoms. The van der Waals surface area contributed by atoms with Gasteiger partial charge in [-0.3, -0.25) is 0 Å². The van der Waals surface area contributed by atoms with Gasteiger partial charge in [0, 0.05) is 0 Å². The maximum Gasteiger partial charge on any atom is 0.383 e. The molecule has 0 unspecified atom stereocenters. The molecular formula is C26H38O5. The van der Waals surface area contributed by atoms with E-state index in [9.17, 15) is 4.79 Å². The van der Waals surface area contributed by atoms with E-state index in [4.69, 9.17) is 18.6 Å². The van der Waals surface area contributed by atoms with E-state index in [1.807, 2.05) is 18.2 Å². The third kappa shape index (κ3) is 7.97. The first-order valence-corrected chi connectivity index (χ1v) is 11.8. The molecule has 0 aliphatic carbocycles. The van der Waals surface area contributed by atoms with Crippen LogP contribution in [0.15, 0.2) is 39.6 Å². The van der Waals surface area contributed by atoms with Crippen molar-refractivity contribution in [2.45, 2.75) is 78.1 Å². The summed E-state index contributed by atoms with van der Waals surface area (Å²) >= 11 is 0. The van der Waals surface area contributed by atoms with Crippen LogP contribution >= 0.6 is 0 Å². The average molecular weight is 431 g/mol. The molecule has 0 radical (unpaired) electrons. The van der Waals surface area contributed by atoms with Crippen molar-refractivity contribution in [3.05, 3.63) is 40.8 Å². The maximum atomic E-state index is 12.5. The van der Waals surface area contributed by atoms with Crippen LogP contribution in [0.25, 0.3) is 11.0 Å². The molecule has 0 spiro atoms. The quantitative estimate of drug-likeness (QED) is 0.162. The fourth-order valence-corrected chi connectivity index (χ4v) is 3.52. The number of unbranched alkanes of at least 4 members (excludes halogenated alkanes) is 7. The Kier molecular flexibility index (Phi) is 11.7. The normalized spacial score (nSPS) is 11.3. The lowest BCUT2D eigenvalue weighted by molar-refractivity contribution is 0.287. The van der Waals surface area contributed by atoms with Crippen molar-refractivity contribution in [1.29, 1.82) is 0 Å². The Morgan fingerprint density at radius 1 is 0.871 bits per heavy atom. The first-order chi connectivity index (χ1) is 15.2. The van der Waals surface area contributed by atoms with Crippen LogP contribution in [0.2, 0.25) is 0 Å². The van der Waals surface area contributed by atoms with Crippen molar-refractivity contribution in [3.63, 3.8) is 0 Å². The lowest BCUT2D eigenvalue weighted by atomic mass is 10.1. The molecule has 2 rings (SSSR count). The zero-order chi connectivity index (χ0) is 22.3. The third-order valence-electron chi connectivity index (χ3n) is 5.20. The Balaban J connectivity index is 2.01. The molecule has 31 heavy (non-hydrogen) atoms. The first kappa shape index (κ1) is 24.8. The molecule has 0 N–H and O–H groups in total. The van der Waals surface area contributed by atoms with Crippen LogP contribution in [0.1, 0.15) is 78.1 Å². The van der Waals surface area contributed by atoms with Gasteiger partial charge in [-0.05, 0) is 31.4 Å². The van der Waals surface area contributed by atoms with Gasteiger partial charge in [0.25, 0.3) is 0 Å². The van der Waals surface area contributed by atoms with Crippen LogP contribution in [0.5, 0.6) is 17.2 Å². The van der Waals surface area contributed by atoms with Crippen LogP contribution in [0.3, 0.4) is 0 Å². The van der Waals surface area contributed by atoms with E-state index in [0.29, 0.717) is 35.7 Å². The SMILES string of the molecule is CCC=CCCOc1c(OC)c(=O)oc2c(OCCCCCCCCCC)cccc12. The van der Waals surface area contributed by atoms with Gasteiger partial charge < -0.3 is 18.6 Å². The fraction of sp³-hybridized carbons (Fsp3) is 0.577. The first-order valence-electron chi connectivity index (χ1n) is 11.8. The Morgan fingerprint density at radius 2 is 1.61 bits per heavy atom. The van der Waals surface area contributed by atoms with E-state index in [0.717, 1.165) is 25.7 Å². The van der Waals surface area contributed by atoms with Gasteiger partial charge in [0.05, 0.1) is 25.7 Å². The summed E-state index contributed by atoms with van der Waals surface area (Å²) in [6.45, 7) is 5.38. The number of fused-ring (bicyclic) bond motifs is 1. The number of rotatable bonds is 16. The molecule has 1 aromatic carbocycles. The largest absolute Gasteiger partial charge is 0.490 e. The molecule has 1 heterocycles. The molecule has 172 valence electrons. The molecule has 0 aliphatic rings. The number of allylic oxidation sites excluding steroid dienone is 1. The van der Waals surface area contributed by atoms with Gasteiger partial charge in [0.15, 0.2) is 17.1 Å². The zero-order valence-electron chi connectivity index (χ0n) is 19.4. The van der Waals surface area contributed by atoms with Gasteiger partial charge in [-0.1, -0.05) is 77.0 Å². The van der Waals surface area contributed by atoms with E-state index in [1.54, 1.807) is 0 Å². The summed E-state index contributed by atoms with van der Waals surface area (Å²) in [5.41, 5.74) is -0.149. The van der Waals surface area contributed by atoms with Crippen molar-refractivity contribution in [1.82, 2.24) is 0 Å². The number of methoxy groups -OCH3 is 1. The topological polar surface area (TPSA) is 57.9 Å². The lowest BCUT2D eigenvalue weighted by Crippen LogP contribution is -2.09. The number of hydrogen-bond acceptors (Lipinski definition) is 5. The molecule has 0 saturated heterocycles. The predicted molar refractivity (Wildman–Crippen MR) is 127 cm³/mol. The summed E-state index contributed by atoms with van der Waals surface area (Å²) in [7, 11) is 1.45. The molecular weight excluding hydrogens is 392 g/mol. The van der Waals surface area contributed by atoms with Crippen LogP contribution in [0.4, 0.5) is 0 Å². The highest BCUT2D eigenvalue weighted by Crippen LogP contribution is 2.36. The van der Waals surface area contributed by atoms with E-state index < -0.39 is 5.63 Å². The average Bonchev–Trinajstić information content (AvgIpc) is 2.78. The summed E-state index contributed by atoms with van der Waals surface area (Å²) in [5.74, 6) is 1.07. The van der Waals surface area contributed by atoms with E-state index in [2.05, 4.69) is 26.0 Å². The molecule has 0 aliphatic heterocycles.